The van der Waals surface area contributed by atoms with E-state index in [0.29, 0.717) is 11.2 Å². The lowest BCUT2D eigenvalue weighted by Crippen LogP contribution is -2.49. The first-order valence-electron chi connectivity index (χ1n) is 11.3. The average molecular weight is 471 g/mol. The number of amides is 3. The van der Waals surface area contributed by atoms with Gasteiger partial charge >= 0.3 is 5.97 Å². The fraction of sp³-hybridized carbons (Fsp3) is 0.480. The third kappa shape index (κ3) is 8.13. The van der Waals surface area contributed by atoms with Crippen molar-refractivity contribution >= 4 is 40.3 Å². The maximum absolute atomic E-state index is 13.2. The summed E-state index contributed by atoms with van der Waals surface area (Å²) in [7, 11) is 0. The molecule has 0 fully saturated rings. The summed E-state index contributed by atoms with van der Waals surface area (Å²) < 4.78 is 5.32. The second-order valence-electron chi connectivity index (χ2n) is 9.64. The molecule has 2 aromatic rings. The van der Waals surface area contributed by atoms with E-state index in [1.54, 1.807) is 45.2 Å². The zero-order valence-corrected chi connectivity index (χ0v) is 20.4. The number of esters is 1. The van der Waals surface area contributed by atoms with Crippen molar-refractivity contribution < 1.29 is 23.9 Å². The van der Waals surface area contributed by atoms with Gasteiger partial charge in [0.15, 0.2) is 0 Å². The van der Waals surface area contributed by atoms with Gasteiger partial charge in [-0.2, -0.15) is 0 Å². The molecule has 0 saturated heterocycles. The Morgan fingerprint density at radius 1 is 1.06 bits per heavy atom. The third-order valence-electron chi connectivity index (χ3n) is 4.96. The number of aromatic nitrogens is 1. The van der Waals surface area contributed by atoms with Gasteiger partial charge in [0.2, 0.25) is 17.7 Å². The summed E-state index contributed by atoms with van der Waals surface area (Å²) in [5, 5.41) is 6.15. The monoisotopic (exact) mass is 470 g/mol. The number of nitrogens with one attached hydrogen (secondary N) is 2. The van der Waals surface area contributed by atoms with Gasteiger partial charge in [-0.1, -0.05) is 19.9 Å². The number of anilines is 1. The maximum atomic E-state index is 13.2. The lowest BCUT2D eigenvalue weighted by atomic mass is 9.95. The predicted octanol–water partition coefficient (Wildman–Crippen LogP) is 2.93. The van der Waals surface area contributed by atoms with Gasteiger partial charge in [-0.3, -0.25) is 24.2 Å². The number of nitrogens with two attached hydrogens (primary N) is 1. The maximum Gasteiger partial charge on any atom is 0.306 e. The summed E-state index contributed by atoms with van der Waals surface area (Å²) in [6.07, 6.45) is 1.79. The van der Waals surface area contributed by atoms with Crippen molar-refractivity contribution in [2.75, 3.05) is 5.32 Å². The molecule has 1 heterocycles. The minimum Gasteiger partial charge on any atom is -0.460 e. The van der Waals surface area contributed by atoms with E-state index in [1.165, 1.54) is 0 Å². The molecule has 4 N–H and O–H groups in total. The van der Waals surface area contributed by atoms with Crippen molar-refractivity contribution in [3.8, 4) is 0 Å². The smallest absolute Gasteiger partial charge is 0.306 e. The van der Waals surface area contributed by atoms with Crippen LogP contribution < -0.4 is 16.4 Å². The van der Waals surface area contributed by atoms with E-state index in [4.69, 9.17) is 10.5 Å². The summed E-state index contributed by atoms with van der Waals surface area (Å²) in [6, 6.07) is 7.78. The minimum atomic E-state index is -1.08. The Hall–Kier alpha value is -3.49. The fourth-order valence-corrected chi connectivity index (χ4v) is 3.45. The van der Waals surface area contributed by atoms with Crippen molar-refractivity contribution in [2.45, 2.75) is 65.5 Å². The molecule has 3 amide bonds. The van der Waals surface area contributed by atoms with Crippen LogP contribution in [0.15, 0.2) is 36.5 Å². The predicted molar refractivity (Wildman–Crippen MR) is 130 cm³/mol. The quantitative estimate of drug-likeness (QED) is 0.360. The number of ether oxygens (including phenoxy) is 1. The summed E-state index contributed by atoms with van der Waals surface area (Å²) in [4.78, 5) is 54.4. The Morgan fingerprint density at radius 2 is 1.76 bits per heavy atom. The molecule has 0 saturated carbocycles. The SMILES string of the molecule is CC(C)C[C@@H](C(N)=O)C(=O)N[C@@H](CCC(=O)OC(C)(C)C)C(=O)Nc1cccc2ncccc12. The second kappa shape index (κ2) is 11.6. The van der Waals surface area contributed by atoms with Gasteiger partial charge in [0.1, 0.15) is 17.6 Å². The number of benzene rings is 1. The van der Waals surface area contributed by atoms with Gasteiger partial charge in [-0.25, -0.2) is 0 Å². The Labute approximate surface area is 199 Å². The largest absolute Gasteiger partial charge is 0.460 e. The lowest BCUT2D eigenvalue weighted by Gasteiger charge is -2.23. The van der Waals surface area contributed by atoms with Crippen LogP contribution in [-0.2, 0) is 23.9 Å². The first-order chi connectivity index (χ1) is 15.9. The van der Waals surface area contributed by atoms with Crippen LogP contribution in [0.25, 0.3) is 10.9 Å². The lowest BCUT2D eigenvalue weighted by molar-refractivity contribution is -0.155. The number of nitrogens with zero attached hydrogens (tertiary/aromatic N) is 1. The van der Waals surface area contributed by atoms with E-state index in [2.05, 4.69) is 15.6 Å². The zero-order valence-electron chi connectivity index (χ0n) is 20.4. The Bertz CT molecular complexity index is 1040. The number of hydrogen-bond acceptors (Lipinski definition) is 6. The molecule has 2 atom stereocenters. The van der Waals surface area contributed by atoms with Crippen molar-refractivity contribution in [1.29, 1.82) is 0 Å². The second-order valence-corrected chi connectivity index (χ2v) is 9.64. The van der Waals surface area contributed by atoms with Crippen LogP contribution in [0.5, 0.6) is 0 Å². The van der Waals surface area contributed by atoms with Crippen LogP contribution in [-0.4, -0.2) is 40.3 Å². The molecule has 2 rings (SSSR count). The molecule has 0 aliphatic heterocycles. The molecule has 9 heteroatoms. The highest BCUT2D eigenvalue weighted by molar-refractivity contribution is 6.06. The molecule has 0 radical (unpaired) electrons. The molecular weight excluding hydrogens is 436 g/mol. The van der Waals surface area contributed by atoms with E-state index < -0.39 is 41.3 Å². The standard InChI is InChI=1S/C25H34N4O5/c1-15(2)14-17(22(26)31)23(32)29-20(11-12-21(30)34-25(3,4)5)24(33)28-19-10-6-9-18-16(19)8-7-13-27-18/h6-10,13,15,17,20H,11-12,14H2,1-5H3,(H2,26,31)(H,28,33)(H,29,32)/t17-,20-/m0/s1. The Balaban J connectivity index is 2.24. The van der Waals surface area contributed by atoms with Crippen LogP contribution in [0.4, 0.5) is 5.69 Å². The number of primary amides is 1. The number of hydrogen-bond donors (Lipinski definition) is 3. The highest BCUT2D eigenvalue weighted by atomic mass is 16.6. The minimum absolute atomic E-state index is 0.0112. The van der Waals surface area contributed by atoms with Gasteiger partial charge < -0.3 is 21.1 Å². The molecule has 0 spiro atoms. The van der Waals surface area contributed by atoms with Crippen molar-refractivity contribution in [1.82, 2.24) is 10.3 Å². The van der Waals surface area contributed by atoms with E-state index in [1.807, 2.05) is 26.0 Å². The number of carbonyl (C=O) groups is 4. The number of rotatable bonds is 10. The van der Waals surface area contributed by atoms with Gasteiger partial charge in [0.05, 0.1) is 11.2 Å². The van der Waals surface area contributed by atoms with Crippen LogP contribution in [0.3, 0.4) is 0 Å². The molecule has 1 aromatic heterocycles. The highest BCUT2D eigenvalue weighted by Gasteiger charge is 2.30. The number of carbonyl (C=O) groups excluding carboxylic acids is 4. The van der Waals surface area contributed by atoms with Crippen LogP contribution in [0, 0.1) is 11.8 Å². The van der Waals surface area contributed by atoms with Gasteiger partial charge in [0.25, 0.3) is 0 Å². The normalized spacial score (nSPS) is 13.2. The molecule has 0 aliphatic rings. The van der Waals surface area contributed by atoms with E-state index in [-0.39, 0.29) is 25.2 Å². The molecule has 34 heavy (non-hydrogen) atoms. The molecule has 0 aliphatic carbocycles. The molecule has 1 aromatic carbocycles. The highest BCUT2D eigenvalue weighted by Crippen LogP contribution is 2.22. The summed E-state index contributed by atoms with van der Waals surface area (Å²) in [5.74, 6) is -3.48. The third-order valence-corrected chi connectivity index (χ3v) is 4.96. The van der Waals surface area contributed by atoms with Gasteiger partial charge in [-0.05, 0) is 63.8 Å². The number of fused-ring (bicyclic) bond motifs is 1. The van der Waals surface area contributed by atoms with Crippen LogP contribution in [0.1, 0.15) is 53.9 Å². The van der Waals surface area contributed by atoms with E-state index in [0.717, 1.165) is 5.39 Å². The molecule has 9 nitrogen and oxygen atoms in total. The summed E-state index contributed by atoms with van der Waals surface area (Å²) >= 11 is 0. The zero-order chi connectivity index (χ0) is 25.5. The van der Waals surface area contributed by atoms with Crippen LogP contribution >= 0.6 is 0 Å². The molecule has 0 unspecified atom stereocenters. The Morgan fingerprint density at radius 3 is 2.38 bits per heavy atom. The number of pyridine rings is 1. The first kappa shape index (κ1) is 26.8. The average Bonchev–Trinajstić information content (AvgIpc) is 2.73. The van der Waals surface area contributed by atoms with Crippen molar-refractivity contribution in [3.05, 3.63) is 36.5 Å². The molecule has 184 valence electrons. The Kier molecular flexibility index (Phi) is 9.11. The first-order valence-corrected chi connectivity index (χ1v) is 11.3. The van der Waals surface area contributed by atoms with E-state index in [9.17, 15) is 19.2 Å². The van der Waals surface area contributed by atoms with Crippen LogP contribution in [0.2, 0.25) is 0 Å². The van der Waals surface area contributed by atoms with Crippen molar-refractivity contribution in [3.63, 3.8) is 0 Å². The summed E-state index contributed by atoms with van der Waals surface area (Å²) in [5.41, 5.74) is 5.96. The van der Waals surface area contributed by atoms with Gasteiger partial charge in [-0.15, -0.1) is 0 Å². The van der Waals surface area contributed by atoms with Crippen molar-refractivity contribution in [2.24, 2.45) is 17.6 Å². The fourth-order valence-electron chi connectivity index (χ4n) is 3.45. The topological polar surface area (TPSA) is 140 Å². The van der Waals surface area contributed by atoms with Gasteiger partial charge in [0, 0.05) is 18.0 Å². The summed E-state index contributed by atoms with van der Waals surface area (Å²) in [6.45, 7) is 8.97. The van der Waals surface area contributed by atoms with E-state index >= 15 is 0 Å². The molecule has 0 bridgehead atoms. The molecular formula is C25H34N4O5.